The van der Waals surface area contributed by atoms with E-state index in [9.17, 15) is 10.1 Å². The van der Waals surface area contributed by atoms with E-state index in [1.807, 2.05) is 41.8 Å². The third-order valence-electron chi connectivity index (χ3n) is 4.94. The second-order valence-corrected chi connectivity index (χ2v) is 7.92. The van der Waals surface area contributed by atoms with Crippen LogP contribution >= 0.6 is 11.3 Å². The number of carbonyl (C=O) groups excluding carboxylic acids is 1. The topological polar surface area (TPSA) is 75.0 Å². The van der Waals surface area contributed by atoms with E-state index in [-0.39, 0.29) is 0 Å². The Balaban J connectivity index is 1.53. The predicted molar refractivity (Wildman–Crippen MR) is 133 cm³/mol. The minimum Gasteiger partial charge on any atom is -0.462 e. The number of hydrogen-bond donors (Lipinski definition) is 1. The van der Waals surface area contributed by atoms with Gasteiger partial charge in [0.2, 0.25) is 0 Å². The molecule has 33 heavy (non-hydrogen) atoms. The van der Waals surface area contributed by atoms with Crippen molar-refractivity contribution < 1.29 is 9.53 Å². The predicted octanol–water partition coefficient (Wildman–Crippen LogP) is 6.63. The molecular formula is C27H21N3O2S. The van der Waals surface area contributed by atoms with Crippen LogP contribution in [-0.4, -0.2) is 17.6 Å². The number of aromatic nitrogens is 1. The van der Waals surface area contributed by atoms with Crippen LogP contribution in [0.15, 0.2) is 90.4 Å². The zero-order valence-corrected chi connectivity index (χ0v) is 18.8. The van der Waals surface area contributed by atoms with Crippen LogP contribution in [0.1, 0.15) is 22.3 Å². The van der Waals surface area contributed by atoms with Gasteiger partial charge >= 0.3 is 5.97 Å². The molecule has 0 atom stereocenters. The summed E-state index contributed by atoms with van der Waals surface area (Å²) in [5, 5.41) is 15.3. The lowest BCUT2D eigenvalue weighted by Gasteiger charge is -2.08. The van der Waals surface area contributed by atoms with Gasteiger partial charge in [0, 0.05) is 17.1 Å². The van der Waals surface area contributed by atoms with Gasteiger partial charge in [0.1, 0.15) is 16.6 Å². The number of benzene rings is 3. The summed E-state index contributed by atoms with van der Waals surface area (Å²) in [6, 6.07) is 27.6. The Morgan fingerprint density at radius 3 is 2.39 bits per heavy atom. The molecule has 0 saturated heterocycles. The van der Waals surface area contributed by atoms with E-state index in [1.54, 1.807) is 31.3 Å². The fraction of sp³-hybridized carbons (Fsp3) is 0.0741. The van der Waals surface area contributed by atoms with Crippen LogP contribution in [0.5, 0.6) is 0 Å². The summed E-state index contributed by atoms with van der Waals surface area (Å²) in [4.78, 5) is 16.8. The maximum absolute atomic E-state index is 12.2. The van der Waals surface area contributed by atoms with E-state index in [2.05, 4.69) is 40.6 Å². The molecular weight excluding hydrogens is 430 g/mol. The number of nitrogens with zero attached hydrogens (tertiary/aromatic N) is 2. The molecule has 0 amide bonds. The number of allylic oxidation sites excluding steroid dienone is 1. The molecule has 6 heteroatoms. The first kappa shape index (κ1) is 22.0. The molecule has 0 fully saturated rings. The molecule has 4 rings (SSSR count). The molecule has 0 radical (unpaired) electrons. The highest BCUT2D eigenvalue weighted by Gasteiger charge is 2.13. The number of nitriles is 1. The fourth-order valence-corrected chi connectivity index (χ4v) is 4.08. The van der Waals surface area contributed by atoms with Gasteiger partial charge < -0.3 is 10.1 Å². The number of thiazole rings is 1. The highest BCUT2D eigenvalue weighted by Crippen LogP contribution is 2.28. The van der Waals surface area contributed by atoms with Gasteiger partial charge in [-0.15, -0.1) is 11.3 Å². The SMILES string of the molecule is CCOC(=O)c1ccccc1N/C=C(/C#N)c1nc(-c2ccc(-c3ccccc3)cc2)cs1. The molecule has 0 aliphatic heterocycles. The molecule has 1 aromatic heterocycles. The van der Waals surface area contributed by atoms with Crippen molar-refractivity contribution in [1.29, 1.82) is 5.26 Å². The average molecular weight is 452 g/mol. The standard InChI is InChI=1S/C27H21N3O2S/c1-2-32-27(31)23-10-6-7-11-24(23)29-17-22(16-28)26-30-25(18-33-26)21-14-12-20(13-15-21)19-8-4-3-5-9-19/h3-15,17-18,29H,2H2,1H3/b22-17-. The molecule has 5 nitrogen and oxygen atoms in total. The molecule has 0 bridgehead atoms. The molecule has 0 spiro atoms. The first-order valence-electron chi connectivity index (χ1n) is 10.4. The summed E-state index contributed by atoms with van der Waals surface area (Å²) >= 11 is 1.40. The average Bonchev–Trinajstić information content (AvgIpc) is 3.36. The molecule has 162 valence electrons. The first-order valence-corrected chi connectivity index (χ1v) is 11.3. The molecule has 4 aromatic rings. The maximum Gasteiger partial charge on any atom is 0.340 e. The Kier molecular flexibility index (Phi) is 6.93. The number of ether oxygens (including phenoxy) is 1. The van der Waals surface area contributed by atoms with E-state index in [0.29, 0.717) is 28.4 Å². The van der Waals surface area contributed by atoms with Crippen LogP contribution in [0.25, 0.3) is 28.0 Å². The number of carbonyl (C=O) groups is 1. The number of hydrogen-bond acceptors (Lipinski definition) is 6. The summed E-state index contributed by atoms with van der Waals surface area (Å²) in [7, 11) is 0. The van der Waals surface area contributed by atoms with Crippen molar-refractivity contribution in [1.82, 2.24) is 4.98 Å². The minimum absolute atomic E-state index is 0.292. The lowest BCUT2D eigenvalue weighted by molar-refractivity contribution is 0.0527. The lowest BCUT2D eigenvalue weighted by atomic mass is 10.0. The van der Waals surface area contributed by atoms with Crippen molar-refractivity contribution in [3.63, 3.8) is 0 Å². The normalized spacial score (nSPS) is 11.0. The third kappa shape index (κ3) is 5.17. The van der Waals surface area contributed by atoms with E-state index in [1.165, 1.54) is 11.3 Å². The minimum atomic E-state index is -0.414. The van der Waals surface area contributed by atoms with Crippen LogP contribution in [0.4, 0.5) is 5.69 Å². The molecule has 3 aromatic carbocycles. The molecule has 0 saturated carbocycles. The van der Waals surface area contributed by atoms with E-state index >= 15 is 0 Å². The van der Waals surface area contributed by atoms with Crippen molar-refractivity contribution in [3.8, 4) is 28.5 Å². The van der Waals surface area contributed by atoms with Crippen LogP contribution in [0, 0.1) is 11.3 Å². The van der Waals surface area contributed by atoms with E-state index in [0.717, 1.165) is 22.4 Å². The van der Waals surface area contributed by atoms with Crippen molar-refractivity contribution in [3.05, 3.63) is 101 Å². The molecule has 1 heterocycles. The smallest absolute Gasteiger partial charge is 0.340 e. The Hall–Kier alpha value is -4.21. The largest absolute Gasteiger partial charge is 0.462 e. The van der Waals surface area contributed by atoms with Crippen LogP contribution in [-0.2, 0) is 4.74 Å². The van der Waals surface area contributed by atoms with Crippen molar-refractivity contribution in [2.24, 2.45) is 0 Å². The quantitative estimate of drug-likeness (QED) is 0.252. The number of esters is 1. The van der Waals surface area contributed by atoms with Gasteiger partial charge in [0.25, 0.3) is 0 Å². The van der Waals surface area contributed by atoms with Crippen LogP contribution < -0.4 is 5.32 Å². The van der Waals surface area contributed by atoms with Gasteiger partial charge in [-0.05, 0) is 30.2 Å². The first-order chi connectivity index (χ1) is 16.2. The van der Waals surface area contributed by atoms with Gasteiger partial charge in [0.15, 0.2) is 0 Å². The Bertz CT molecular complexity index is 1320. The van der Waals surface area contributed by atoms with Crippen molar-refractivity contribution >= 4 is 28.6 Å². The molecule has 0 aliphatic rings. The molecule has 1 N–H and O–H groups in total. The number of anilines is 1. The zero-order chi connectivity index (χ0) is 23.0. The Labute approximate surface area is 196 Å². The second kappa shape index (κ2) is 10.4. The van der Waals surface area contributed by atoms with Crippen LogP contribution in [0.2, 0.25) is 0 Å². The number of rotatable bonds is 7. The van der Waals surface area contributed by atoms with Gasteiger partial charge in [-0.3, -0.25) is 0 Å². The van der Waals surface area contributed by atoms with E-state index < -0.39 is 5.97 Å². The molecule has 0 aliphatic carbocycles. The summed E-state index contributed by atoms with van der Waals surface area (Å²) in [5.41, 5.74) is 5.44. The highest BCUT2D eigenvalue weighted by molar-refractivity contribution is 7.11. The summed E-state index contributed by atoms with van der Waals surface area (Å²) in [5.74, 6) is -0.414. The second-order valence-electron chi connectivity index (χ2n) is 7.06. The maximum atomic E-state index is 12.2. The summed E-state index contributed by atoms with van der Waals surface area (Å²) in [6.45, 7) is 2.05. The van der Waals surface area contributed by atoms with Gasteiger partial charge in [-0.2, -0.15) is 5.26 Å². The van der Waals surface area contributed by atoms with Gasteiger partial charge in [0.05, 0.1) is 23.6 Å². The summed E-state index contributed by atoms with van der Waals surface area (Å²) in [6.07, 6.45) is 1.57. The fourth-order valence-electron chi connectivity index (χ4n) is 3.28. The highest BCUT2D eigenvalue weighted by atomic mass is 32.1. The molecule has 0 unspecified atom stereocenters. The van der Waals surface area contributed by atoms with Gasteiger partial charge in [-0.25, -0.2) is 9.78 Å². The number of para-hydroxylation sites is 1. The third-order valence-corrected chi connectivity index (χ3v) is 5.81. The Morgan fingerprint density at radius 2 is 1.67 bits per heavy atom. The Morgan fingerprint density at radius 1 is 1.00 bits per heavy atom. The number of nitrogens with one attached hydrogen (secondary N) is 1. The van der Waals surface area contributed by atoms with Gasteiger partial charge in [-0.1, -0.05) is 66.7 Å². The monoisotopic (exact) mass is 451 g/mol. The lowest BCUT2D eigenvalue weighted by Crippen LogP contribution is -2.07. The van der Waals surface area contributed by atoms with Crippen molar-refractivity contribution in [2.75, 3.05) is 11.9 Å². The summed E-state index contributed by atoms with van der Waals surface area (Å²) < 4.78 is 5.10. The van der Waals surface area contributed by atoms with Crippen LogP contribution in [0.3, 0.4) is 0 Å². The van der Waals surface area contributed by atoms with E-state index in [4.69, 9.17) is 4.74 Å². The van der Waals surface area contributed by atoms with Crippen molar-refractivity contribution in [2.45, 2.75) is 6.92 Å². The zero-order valence-electron chi connectivity index (χ0n) is 18.0.